The van der Waals surface area contributed by atoms with E-state index in [1.54, 1.807) is 11.1 Å². The van der Waals surface area contributed by atoms with Crippen LogP contribution in [0.2, 0.25) is 0 Å². The summed E-state index contributed by atoms with van der Waals surface area (Å²) < 4.78 is 0. The van der Waals surface area contributed by atoms with Crippen molar-refractivity contribution in [1.29, 1.82) is 0 Å². The first-order chi connectivity index (χ1) is 9.15. The van der Waals surface area contributed by atoms with Gasteiger partial charge in [0.1, 0.15) is 0 Å². The lowest BCUT2D eigenvalue weighted by molar-refractivity contribution is 0.661. The summed E-state index contributed by atoms with van der Waals surface area (Å²) in [5.41, 5.74) is 7.44. The summed E-state index contributed by atoms with van der Waals surface area (Å²) in [6.45, 7) is 9.23. The van der Waals surface area contributed by atoms with Gasteiger partial charge in [-0.2, -0.15) is 0 Å². The van der Waals surface area contributed by atoms with Gasteiger partial charge in [-0.3, -0.25) is 0 Å². The Morgan fingerprint density at radius 2 is 2.00 bits per heavy atom. The maximum absolute atomic E-state index is 3.48. The number of allylic oxidation sites excluding steroid dienone is 1. The van der Waals surface area contributed by atoms with Gasteiger partial charge in [-0.1, -0.05) is 32.9 Å². The Morgan fingerprint density at radius 3 is 2.74 bits per heavy atom. The van der Waals surface area contributed by atoms with E-state index in [2.05, 4.69) is 57.1 Å². The van der Waals surface area contributed by atoms with Gasteiger partial charge in [-0.15, -0.1) is 0 Å². The van der Waals surface area contributed by atoms with E-state index in [1.807, 2.05) is 0 Å². The lowest BCUT2D eigenvalue weighted by atomic mass is 9.90. The van der Waals surface area contributed by atoms with Crippen molar-refractivity contribution in [3.05, 3.63) is 40.6 Å². The zero-order valence-corrected chi connectivity index (χ0v) is 12.4. The molecule has 0 fully saturated rings. The molecule has 1 heteroatoms. The Balaban J connectivity index is 2.37. The minimum Gasteiger partial charge on any atom is -0.361 e. The quantitative estimate of drug-likeness (QED) is 0.726. The van der Waals surface area contributed by atoms with E-state index in [1.165, 1.54) is 28.5 Å². The maximum Gasteiger partial charge on any atom is 0.0498 e. The molecule has 0 spiro atoms. The van der Waals surface area contributed by atoms with Crippen molar-refractivity contribution in [3.8, 4) is 0 Å². The third-order valence-electron chi connectivity index (χ3n) is 4.62. The summed E-state index contributed by atoms with van der Waals surface area (Å²) in [4.78, 5) is 3.48. The molecule has 0 radical (unpaired) electrons. The number of benzene rings is 1. The van der Waals surface area contributed by atoms with Crippen LogP contribution in [0.15, 0.2) is 18.3 Å². The number of nitrogens with one attached hydrogen (secondary N) is 1. The molecule has 1 nitrogen and oxygen atoms in total. The largest absolute Gasteiger partial charge is 0.361 e. The molecule has 0 bridgehead atoms. The van der Waals surface area contributed by atoms with Crippen molar-refractivity contribution in [2.45, 2.75) is 52.4 Å². The molecule has 0 saturated carbocycles. The Bertz CT molecular complexity index is 645. The highest BCUT2D eigenvalue weighted by molar-refractivity contribution is 5.94. The molecule has 0 saturated heterocycles. The third-order valence-corrected chi connectivity index (χ3v) is 4.62. The van der Waals surface area contributed by atoms with Crippen molar-refractivity contribution in [1.82, 2.24) is 4.98 Å². The maximum atomic E-state index is 3.48. The molecule has 1 aromatic heterocycles. The number of aromatic nitrogens is 1. The van der Waals surface area contributed by atoms with Crippen LogP contribution in [0.4, 0.5) is 0 Å². The predicted octanol–water partition coefficient (Wildman–Crippen LogP) is 5.51. The van der Waals surface area contributed by atoms with Gasteiger partial charge in [0.25, 0.3) is 0 Å². The van der Waals surface area contributed by atoms with Crippen LogP contribution in [0.25, 0.3) is 17.0 Å². The van der Waals surface area contributed by atoms with Gasteiger partial charge >= 0.3 is 0 Å². The molecule has 2 unspecified atom stereocenters. The molecule has 1 heterocycles. The van der Waals surface area contributed by atoms with Crippen molar-refractivity contribution < 1.29 is 0 Å². The summed E-state index contributed by atoms with van der Waals surface area (Å²) in [6, 6.07) is 2.23. The minimum absolute atomic E-state index is 0.675. The molecule has 2 aromatic rings. The van der Waals surface area contributed by atoms with Crippen LogP contribution in [0.5, 0.6) is 0 Å². The molecule has 1 aliphatic rings. The number of hydrogen-bond donors (Lipinski definition) is 1. The molecule has 0 aliphatic heterocycles. The number of H-pyrrole nitrogens is 1. The second-order valence-corrected chi connectivity index (χ2v) is 5.98. The first-order valence-corrected chi connectivity index (χ1v) is 7.45. The first-order valence-electron chi connectivity index (χ1n) is 7.45. The van der Waals surface area contributed by atoms with Gasteiger partial charge in [0, 0.05) is 17.1 Å². The number of hydrogen-bond acceptors (Lipinski definition) is 0. The Kier molecular flexibility index (Phi) is 3.00. The lowest BCUT2D eigenvalue weighted by Crippen LogP contribution is -1.97. The van der Waals surface area contributed by atoms with E-state index in [-0.39, 0.29) is 0 Å². The summed E-state index contributed by atoms with van der Waals surface area (Å²) in [5.74, 6) is 1.36. The van der Waals surface area contributed by atoms with Crippen molar-refractivity contribution in [2.75, 3.05) is 0 Å². The third kappa shape index (κ3) is 1.75. The SMILES string of the molecule is CC/C=C\c1c(C)c2c(c3[nH]ccc13)C(C)CC2C. The van der Waals surface area contributed by atoms with Crippen molar-refractivity contribution >= 4 is 17.0 Å². The zero-order chi connectivity index (χ0) is 13.6. The van der Waals surface area contributed by atoms with Crippen LogP contribution >= 0.6 is 0 Å². The summed E-state index contributed by atoms with van der Waals surface area (Å²) in [5, 5.41) is 1.39. The molecule has 19 heavy (non-hydrogen) atoms. The van der Waals surface area contributed by atoms with Gasteiger partial charge in [0.05, 0.1) is 0 Å². The van der Waals surface area contributed by atoms with Gasteiger partial charge in [0.2, 0.25) is 0 Å². The molecule has 1 aliphatic carbocycles. The standard InChI is InChI=1S/C18H23N/c1-5-6-7-14-13(4)16-11(2)10-12(3)17(16)18-15(14)8-9-19-18/h6-9,11-12,19H,5,10H2,1-4H3/b7-6-. The topological polar surface area (TPSA) is 15.8 Å². The van der Waals surface area contributed by atoms with E-state index in [0.717, 1.165) is 6.42 Å². The van der Waals surface area contributed by atoms with Crippen LogP contribution in [0.3, 0.4) is 0 Å². The highest BCUT2D eigenvalue weighted by Gasteiger charge is 2.30. The fourth-order valence-electron chi connectivity index (χ4n) is 3.86. The van der Waals surface area contributed by atoms with Crippen LogP contribution in [0.1, 0.15) is 67.7 Å². The summed E-state index contributed by atoms with van der Waals surface area (Å²) in [7, 11) is 0. The van der Waals surface area contributed by atoms with Crippen LogP contribution in [-0.4, -0.2) is 4.98 Å². The molecule has 100 valence electrons. The molecule has 1 N–H and O–H groups in total. The van der Waals surface area contributed by atoms with Crippen LogP contribution in [-0.2, 0) is 0 Å². The second-order valence-electron chi connectivity index (χ2n) is 5.98. The van der Waals surface area contributed by atoms with Crippen molar-refractivity contribution in [3.63, 3.8) is 0 Å². The van der Waals surface area contributed by atoms with E-state index < -0.39 is 0 Å². The Morgan fingerprint density at radius 1 is 1.26 bits per heavy atom. The smallest absolute Gasteiger partial charge is 0.0498 e. The molecule has 1 aromatic carbocycles. The zero-order valence-electron chi connectivity index (χ0n) is 12.4. The van der Waals surface area contributed by atoms with E-state index in [0.29, 0.717) is 11.8 Å². The van der Waals surface area contributed by atoms with Gasteiger partial charge in [-0.05, 0) is 59.9 Å². The van der Waals surface area contributed by atoms with Crippen LogP contribution < -0.4 is 0 Å². The lowest BCUT2D eigenvalue weighted by Gasteiger charge is -2.15. The molecule has 2 atom stereocenters. The Labute approximate surface area is 115 Å². The average Bonchev–Trinajstić information content (AvgIpc) is 2.94. The number of aromatic amines is 1. The molecule has 3 rings (SSSR count). The number of fused-ring (bicyclic) bond motifs is 3. The molecular weight excluding hydrogens is 230 g/mol. The molecule has 0 amide bonds. The fraction of sp³-hybridized carbons (Fsp3) is 0.444. The first kappa shape index (κ1) is 12.5. The highest BCUT2D eigenvalue weighted by atomic mass is 14.7. The van der Waals surface area contributed by atoms with Gasteiger partial charge in [0.15, 0.2) is 0 Å². The minimum atomic E-state index is 0.675. The fourth-order valence-corrected chi connectivity index (χ4v) is 3.86. The van der Waals surface area contributed by atoms with Crippen LogP contribution in [0, 0.1) is 6.92 Å². The summed E-state index contributed by atoms with van der Waals surface area (Å²) >= 11 is 0. The van der Waals surface area contributed by atoms with Gasteiger partial charge in [-0.25, -0.2) is 0 Å². The van der Waals surface area contributed by atoms with Gasteiger partial charge < -0.3 is 4.98 Å². The van der Waals surface area contributed by atoms with Crippen molar-refractivity contribution in [2.24, 2.45) is 0 Å². The second kappa shape index (κ2) is 4.56. The van der Waals surface area contributed by atoms with E-state index >= 15 is 0 Å². The Hall–Kier alpha value is -1.50. The number of rotatable bonds is 2. The monoisotopic (exact) mass is 253 g/mol. The molecular formula is C18H23N. The predicted molar refractivity (Wildman–Crippen MR) is 83.8 cm³/mol. The normalized spacial score (nSPS) is 22.5. The average molecular weight is 253 g/mol. The summed E-state index contributed by atoms with van der Waals surface area (Å²) in [6.07, 6.45) is 9.04. The van der Waals surface area contributed by atoms with E-state index in [9.17, 15) is 0 Å². The highest BCUT2D eigenvalue weighted by Crippen LogP contribution is 2.47. The van der Waals surface area contributed by atoms with E-state index in [4.69, 9.17) is 0 Å².